The van der Waals surface area contributed by atoms with Crippen molar-refractivity contribution in [1.29, 1.82) is 0 Å². The molecule has 1 amide bonds. The first-order chi connectivity index (χ1) is 14.0. The lowest BCUT2D eigenvalue weighted by Gasteiger charge is -2.09. The fourth-order valence-electron chi connectivity index (χ4n) is 2.71. The van der Waals surface area contributed by atoms with Gasteiger partial charge in [-0.3, -0.25) is 4.79 Å². The molecule has 1 N–H and O–H groups in total. The Bertz CT molecular complexity index is 989. The molecule has 0 aliphatic rings. The molecular weight excluding hydrogens is 372 g/mol. The van der Waals surface area contributed by atoms with Gasteiger partial charge in [-0.05, 0) is 63.2 Å². The van der Waals surface area contributed by atoms with Crippen LogP contribution in [0.1, 0.15) is 44.7 Å². The Labute approximate surface area is 168 Å². The van der Waals surface area contributed by atoms with Crippen LogP contribution in [0.5, 0.6) is 5.75 Å². The summed E-state index contributed by atoms with van der Waals surface area (Å²) >= 11 is 0. The van der Waals surface area contributed by atoms with E-state index in [1.807, 2.05) is 13.8 Å². The number of hydrogen-bond acceptors (Lipinski definition) is 6. The Morgan fingerprint density at radius 2 is 1.83 bits per heavy atom. The van der Waals surface area contributed by atoms with E-state index < -0.39 is 5.97 Å². The minimum absolute atomic E-state index is 0.289. The molecule has 0 aliphatic heterocycles. The van der Waals surface area contributed by atoms with Crippen molar-refractivity contribution in [3.05, 3.63) is 76.7 Å². The molecule has 1 heterocycles. The van der Waals surface area contributed by atoms with Gasteiger partial charge >= 0.3 is 5.97 Å². The van der Waals surface area contributed by atoms with Crippen LogP contribution in [-0.4, -0.2) is 23.6 Å². The summed E-state index contributed by atoms with van der Waals surface area (Å²) in [6.07, 6.45) is 0. The summed E-state index contributed by atoms with van der Waals surface area (Å²) in [6, 6.07) is 13.4. The van der Waals surface area contributed by atoms with Crippen molar-refractivity contribution in [2.75, 3.05) is 11.9 Å². The second-order valence-corrected chi connectivity index (χ2v) is 6.37. The Kier molecular flexibility index (Phi) is 6.29. The van der Waals surface area contributed by atoms with Crippen LogP contribution < -0.4 is 10.1 Å². The number of nitrogens with zero attached hydrogens (tertiary/aromatic N) is 1. The second-order valence-electron chi connectivity index (χ2n) is 6.37. The summed E-state index contributed by atoms with van der Waals surface area (Å²) < 4.78 is 15.8. The summed E-state index contributed by atoms with van der Waals surface area (Å²) in [5.74, 6) is 0.640. The molecule has 0 spiro atoms. The third-order valence-corrected chi connectivity index (χ3v) is 4.31. The van der Waals surface area contributed by atoms with Gasteiger partial charge in [-0.15, -0.1) is 0 Å². The van der Waals surface area contributed by atoms with E-state index in [1.54, 1.807) is 55.5 Å². The maximum atomic E-state index is 12.5. The first kappa shape index (κ1) is 20.1. The van der Waals surface area contributed by atoms with Gasteiger partial charge in [-0.1, -0.05) is 11.2 Å². The zero-order valence-electron chi connectivity index (χ0n) is 16.5. The molecule has 0 bridgehead atoms. The van der Waals surface area contributed by atoms with Crippen LogP contribution in [0, 0.1) is 13.8 Å². The number of aromatic nitrogens is 1. The largest absolute Gasteiger partial charge is 0.489 e. The summed E-state index contributed by atoms with van der Waals surface area (Å²) in [5, 5.41) is 6.67. The highest BCUT2D eigenvalue weighted by Crippen LogP contribution is 2.19. The normalized spacial score (nSPS) is 10.4. The lowest BCUT2D eigenvalue weighted by molar-refractivity contribution is 0.0526. The summed E-state index contributed by atoms with van der Waals surface area (Å²) in [6.45, 7) is 6.07. The quantitative estimate of drug-likeness (QED) is 0.601. The van der Waals surface area contributed by atoms with E-state index in [0.29, 0.717) is 35.8 Å². The van der Waals surface area contributed by atoms with Gasteiger partial charge in [-0.2, -0.15) is 0 Å². The number of carbonyl (C=O) groups excluding carboxylic acids is 2. The Hall–Kier alpha value is -3.61. The fraction of sp³-hybridized carbons (Fsp3) is 0.227. The highest BCUT2D eigenvalue weighted by molar-refractivity contribution is 6.04. The van der Waals surface area contributed by atoms with Crippen molar-refractivity contribution in [2.24, 2.45) is 0 Å². The lowest BCUT2D eigenvalue weighted by atomic mass is 10.1. The van der Waals surface area contributed by atoms with Gasteiger partial charge in [0.05, 0.1) is 23.4 Å². The molecule has 0 saturated heterocycles. The molecule has 0 saturated carbocycles. The average molecular weight is 394 g/mol. The molecule has 0 radical (unpaired) electrons. The van der Waals surface area contributed by atoms with Crippen LogP contribution >= 0.6 is 0 Å². The van der Waals surface area contributed by atoms with Gasteiger partial charge in [-0.25, -0.2) is 4.79 Å². The van der Waals surface area contributed by atoms with Crippen molar-refractivity contribution in [2.45, 2.75) is 27.4 Å². The van der Waals surface area contributed by atoms with Crippen molar-refractivity contribution in [3.63, 3.8) is 0 Å². The second kappa shape index (κ2) is 9.05. The molecule has 7 nitrogen and oxygen atoms in total. The monoisotopic (exact) mass is 394 g/mol. The minimum Gasteiger partial charge on any atom is -0.489 e. The van der Waals surface area contributed by atoms with Crippen LogP contribution in [0.25, 0.3) is 0 Å². The van der Waals surface area contributed by atoms with Crippen molar-refractivity contribution in [3.8, 4) is 5.75 Å². The highest BCUT2D eigenvalue weighted by atomic mass is 16.5. The zero-order chi connectivity index (χ0) is 20.8. The van der Waals surface area contributed by atoms with Gasteiger partial charge in [0.15, 0.2) is 0 Å². The third-order valence-electron chi connectivity index (χ3n) is 4.31. The number of hydrogen-bond donors (Lipinski definition) is 1. The number of nitrogens with one attached hydrogen (secondary N) is 1. The van der Waals surface area contributed by atoms with Gasteiger partial charge in [0.2, 0.25) is 0 Å². The van der Waals surface area contributed by atoms with Crippen LogP contribution in [0.4, 0.5) is 5.69 Å². The highest BCUT2D eigenvalue weighted by Gasteiger charge is 2.12. The van der Waals surface area contributed by atoms with Gasteiger partial charge in [0.1, 0.15) is 18.1 Å². The van der Waals surface area contributed by atoms with Crippen LogP contribution in [-0.2, 0) is 11.3 Å². The minimum atomic E-state index is -0.427. The number of benzene rings is 2. The molecule has 3 rings (SSSR count). The molecule has 0 unspecified atom stereocenters. The van der Waals surface area contributed by atoms with Crippen LogP contribution in [0.3, 0.4) is 0 Å². The number of aryl methyl sites for hydroxylation is 2. The standard InChI is InChI=1S/C22H22N2O5/c1-4-27-22(26)17-6-5-7-18(12-17)23-21(25)16-8-10-19(11-9-16)28-13-20-14(2)24-29-15(20)3/h5-12H,4,13H2,1-3H3,(H,23,25). The number of rotatable bonds is 7. The molecule has 0 fully saturated rings. The first-order valence-electron chi connectivity index (χ1n) is 9.21. The molecule has 0 aliphatic carbocycles. The van der Waals surface area contributed by atoms with Crippen molar-refractivity contribution in [1.82, 2.24) is 5.16 Å². The molecule has 2 aromatic carbocycles. The van der Waals surface area contributed by atoms with Gasteiger partial charge in [0, 0.05) is 11.3 Å². The number of amides is 1. The molecule has 29 heavy (non-hydrogen) atoms. The number of anilines is 1. The molecule has 0 atom stereocenters. The van der Waals surface area contributed by atoms with E-state index in [4.69, 9.17) is 14.0 Å². The lowest BCUT2D eigenvalue weighted by Crippen LogP contribution is -2.12. The van der Waals surface area contributed by atoms with Crippen molar-refractivity contribution < 1.29 is 23.6 Å². The maximum absolute atomic E-state index is 12.5. The zero-order valence-corrected chi connectivity index (χ0v) is 16.5. The summed E-state index contributed by atoms with van der Waals surface area (Å²) in [5.41, 5.74) is 3.07. The van der Waals surface area contributed by atoms with E-state index in [0.717, 1.165) is 17.0 Å². The van der Waals surface area contributed by atoms with Crippen molar-refractivity contribution >= 4 is 17.6 Å². The first-order valence-corrected chi connectivity index (χ1v) is 9.21. The maximum Gasteiger partial charge on any atom is 0.338 e. The number of ether oxygens (including phenoxy) is 2. The smallest absolute Gasteiger partial charge is 0.338 e. The third kappa shape index (κ3) is 5.01. The van der Waals surface area contributed by atoms with E-state index in [9.17, 15) is 9.59 Å². The summed E-state index contributed by atoms with van der Waals surface area (Å²) in [7, 11) is 0. The Morgan fingerprint density at radius 3 is 2.48 bits per heavy atom. The molecule has 150 valence electrons. The number of esters is 1. The van der Waals surface area contributed by atoms with E-state index in [-0.39, 0.29) is 5.91 Å². The molecule has 1 aromatic heterocycles. The SMILES string of the molecule is CCOC(=O)c1cccc(NC(=O)c2ccc(OCc3c(C)noc3C)cc2)c1. The van der Waals surface area contributed by atoms with Crippen LogP contribution in [0.15, 0.2) is 53.1 Å². The van der Waals surface area contributed by atoms with E-state index in [1.165, 1.54) is 0 Å². The van der Waals surface area contributed by atoms with Gasteiger partial charge < -0.3 is 19.3 Å². The summed E-state index contributed by atoms with van der Waals surface area (Å²) in [4.78, 5) is 24.3. The van der Waals surface area contributed by atoms with Crippen LogP contribution in [0.2, 0.25) is 0 Å². The van der Waals surface area contributed by atoms with E-state index >= 15 is 0 Å². The van der Waals surface area contributed by atoms with Gasteiger partial charge in [0.25, 0.3) is 5.91 Å². The fourth-order valence-corrected chi connectivity index (χ4v) is 2.71. The molecule has 7 heteroatoms. The Morgan fingerprint density at radius 1 is 1.07 bits per heavy atom. The van der Waals surface area contributed by atoms with E-state index in [2.05, 4.69) is 10.5 Å². The average Bonchev–Trinajstić information content (AvgIpc) is 3.04. The Balaban J connectivity index is 1.62. The predicted molar refractivity (Wildman–Crippen MR) is 107 cm³/mol. The molecular formula is C22H22N2O5. The predicted octanol–water partition coefficient (Wildman–Crippen LogP) is 4.30. The topological polar surface area (TPSA) is 90.7 Å². The number of carbonyl (C=O) groups is 2. The molecule has 3 aromatic rings.